The summed E-state index contributed by atoms with van der Waals surface area (Å²) in [5.74, 6) is 2.48. The molecule has 2 aromatic rings. The number of aryl methyl sites for hydroxylation is 1. The van der Waals surface area contributed by atoms with Crippen molar-refractivity contribution in [2.75, 3.05) is 13.2 Å². The summed E-state index contributed by atoms with van der Waals surface area (Å²) in [4.78, 5) is 4.70. The highest BCUT2D eigenvalue weighted by Crippen LogP contribution is 2.30. The lowest BCUT2D eigenvalue weighted by atomic mass is 10.2. The molecule has 0 unspecified atom stereocenters. The Balaban J connectivity index is 0.00000243. The van der Waals surface area contributed by atoms with Crippen molar-refractivity contribution in [1.82, 2.24) is 20.4 Å². The molecule has 1 fully saturated rings. The highest BCUT2D eigenvalue weighted by atomic mass is 127. The number of nitrogens with zero attached hydrogens (tertiary/aromatic N) is 3. The van der Waals surface area contributed by atoms with Gasteiger partial charge in [0.15, 0.2) is 5.96 Å². The summed E-state index contributed by atoms with van der Waals surface area (Å²) in [6, 6.07) is 10.2. The van der Waals surface area contributed by atoms with Gasteiger partial charge in [-0.1, -0.05) is 18.2 Å². The molecule has 1 aromatic heterocycles. The van der Waals surface area contributed by atoms with E-state index in [-0.39, 0.29) is 24.0 Å². The maximum absolute atomic E-state index is 5.97. The molecule has 6 nitrogen and oxygen atoms in total. The number of aliphatic imine (C=N–C) groups is 1. The molecule has 2 N–H and O–H groups in total. The molecule has 0 spiro atoms. The summed E-state index contributed by atoms with van der Waals surface area (Å²) in [6.45, 7) is 4.97. The van der Waals surface area contributed by atoms with Crippen LogP contribution in [0.5, 0.6) is 5.75 Å². The summed E-state index contributed by atoms with van der Waals surface area (Å²) in [5.41, 5.74) is 2.22. The second-order valence-electron chi connectivity index (χ2n) is 6.36. The molecule has 3 rings (SSSR count). The molecule has 0 saturated heterocycles. The summed E-state index contributed by atoms with van der Waals surface area (Å²) in [7, 11) is 1.94. The Hall–Kier alpha value is -1.77. The standard InChI is InChI=1S/C19H27N5O.HI/c1-3-20-19(22-13-17-10-11-23-24(17)2)21-12-16-6-4-5-7-18(16)25-14-15-8-9-15;/h4-7,10-11,15H,3,8-9,12-14H2,1-2H3,(H2,20,21,22);1H. The number of hydrogen-bond acceptors (Lipinski definition) is 3. The summed E-state index contributed by atoms with van der Waals surface area (Å²) in [6.07, 6.45) is 4.39. The van der Waals surface area contributed by atoms with Crippen LogP contribution in [0.4, 0.5) is 0 Å². The van der Waals surface area contributed by atoms with Gasteiger partial charge in [0.25, 0.3) is 0 Å². The van der Waals surface area contributed by atoms with Gasteiger partial charge in [-0.15, -0.1) is 24.0 Å². The van der Waals surface area contributed by atoms with Gasteiger partial charge in [0.1, 0.15) is 5.75 Å². The van der Waals surface area contributed by atoms with E-state index < -0.39 is 0 Å². The van der Waals surface area contributed by atoms with Gasteiger partial charge in [-0.2, -0.15) is 5.10 Å². The average molecular weight is 469 g/mol. The van der Waals surface area contributed by atoms with Crippen LogP contribution in [0.2, 0.25) is 0 Å². The van der Waals surface area contributed by atoms with E-state index in [1.165, 1.54) is 12.8 Å². The van der Waals surface area contributed by atoms with Crippen LogP contribution in [0, 0.1) is 5.92 Å². The first-order valence-electron chi connectivity index (χ1n) is 8.96. The maximum atomic E-state index is 5.97. The van der Waals surface area contributed by atoms with Gasteiger partial charge in [0, 0.05) is 25.4 Å². The van der Waals surface area contributed by atoms with Crippen LogP contribution >= 0.6 is 24.0 Å². The largest absolute Gasteiger partial charge is 0.493 e. The zero-order chi connectivity index (χ0) is 17.5. The van der Waals surface area contributed by atoms with Crippen molar-refractivity contribution in [3.05, 3.63) is 47.8 Å². The first-order chi connectivity index (χ1) is 12.3. The molecule has 0 bridgehead atoms. The number of aromatic nitrogens is 2. The van der Waals surface area contributed by atoms with E-state index >= 15 is 0 Å². The summed E-state index contributed by atoms with van der Waals surface area (Å²) < 4.78 is 7.82. The lowest BCUT2D eigenvalue weighted by molar-refractivity contribution is 0.297. The number of ether oxygens (including phenoxy) is 1. The third-order valence-corrected chi connectivity index (χ3v) is 4.26. The van der Waals surface area contributed by atoms with Crippen LogP contribution in [-0.2, 0) is 20.1 Å². The van der Waals surface area contributed by atoms with Gasteiger partial charge in [-0.3, -0.25) is 4.68 Å². The molecule has 0 atom stereocenters. The Bertz CT molecular complexity index is 711. The van der Waals surface area contributed by atoms with E-state index in [0.717, 1.165) is 42.0 Å². The van der Waals surface area contributed by atoms with E-state index in [1.54, 1.807) is 6.20 Å². The number of halogens is 1. The Kier molecular flexibility index (Phi) is 8.21. The number of nitrogens with one attached hydrogen (secondary N) is 2. The topological polar surface area (TPSA) is 63.5 Å². The smallest absolute Gasteiger partial charge is 0.191 e. The van der Waals surface area contributed by atoms with Crippen molar-refractivity contribution < 1.29 is 4.74 Å². The number of guanidine groups is 1. The second kappa shape index (κ2) is 10.4. The minimum absolute atomic E-state index is 0. The monoisotopic (exact) mass is 469 g/mol. The van der Waals surface area contributed by atoms with Crippen molar-refractivity contribution in [3.8, 4) is 5.75 Å². The highest BCUT2D eigenvalue weighted by Gasteiger charge is 2.22. The summed E-state index contributed by atoms with van der Waals surface area (Å²) >= 11 is 0. The molecule has 142 valence electrons. The van der Waals surface area contributed by atoms with Gasteiger partial charge in [0.2, 0.25) is 0 Å². The van der Waals surface area contributed by atoms with Gasteiger partial charge in [0.05, 0.1) is 25.4 Å². The van der Waals surface area contributed by atoms with Crippen molar-refractivity contribution >= 4 is 29.9 Å². The maximum Gasteiger partial charge on any atom is 0.191 e. The normalized spacial score (nSPS) is 13.8. The van der Waals surface area contributed by atoms with Crippen LogP contribution < -0.4 is 15.4 Å². The first-order valence-corrected chi connectivity index (χ1v) is 8.96. The minimum Gasteiger partial charge on any atom is -0.493 e. The van der Waals surface area contributed by atoms with Crippen molar-refractivity contribution in [1.29, 1.82) is 0 Å². The predicted octanol–water partition coefficient (Wildman–Crippen LogP) is 3.08. The number of hydrogen-bond donors (Lipinski definition) is 2. The lowest BCUT2D eigenvalue weighted by Crippen LogP contribution is -2.37. The Labute approximate surface area is 172 Å². The van der Waals surface area contributed by atoms with Crippen molar-refractivity contribution in [2.24, 2.45) is 18.0 Å². The van der Waals surface area contributed by atoms with Crippen LogP contribution in [0.15, 0.2) is 41.5 Å². The third-order valence-electron chi connectivity index (χ3n) is 4.26. The van der Waals surface area contributed by atoms with Gasteiger partial charge in [-0.25, -0.2) is 4.99 Å². The molecule has 7 heteroatoms. The average Bonchev–Trinajstić information content (AvgIpc) is 3.37. The van der Waals surface area contributed by atoms with Crippen LogP contribution in [0.1, 0.15) is 31.0 Å². The number of benzene rings is 1. The molecule has 26 heavy (non-hydrogen) atoms. The molecule has 0 amide bonds. The zero-order valence-corrected chi connectivity index (χ0v) is 17.8. The van der Waals surface area contributed by atoms with E-state index in [1.807, 2.05) is 36.0 Å². The highest BCUT2D eigenvalue weighted by molar-refractivity contribution is 14.0. The molecule has 1 saturated carbocycles. The van der Waals surface area contributed by atoms with Gasteiger partial charge in [-0.05, 0) is 37.8 Å². The Morgan fingerprint density at radius 1 is 1.27 bits per heavy atom. The van der Waals surface area contributed by atoms with Crippen LogP contribution in [0.3, 0.4) is 0 Å². The molecule has 1 aliphatic rings. The number of para-hydroxylation sites is 1. The van der Waals surface area contributed by atoms with Crippen molar-refractivity contribution in [3.63, 3.8) is 0 Å². The predicted molar refractivity (Wildman–Crippen MR) is 115 cm³/mol. The summed E-state index contributed by atoms with van der Waals surface area (Å²) in [5, 5.41) is 10.8. The second-order valence-corrected chi connectivity index (χ2v) is 6.36. The molecule has 0 radical (unpaired) electrons. The Morgan fingerprint density at radius 3 is 2.77 bits per heavy atom. The van der Waals surface area contributed by atoms with Crippen LogP contribution in [-0.4, -0.2) is 28.9 Å². The third kappa shape index (κ3) is 6.19. The molecular formula is C19H28IN5O. The van der Waals surface area contributed by atoms with Gasteiger partial charge < -0.3 is 15.4 Å². The molecule has 0 aliphatic heterocycles. The quantitative estimate of drug-likeness (QED) is 0.355. The molecule has 1 aliphatic carbocycles. The molecule has 1 heterocycles. The van der Waals surface area contributed by atoms with E-state index in [9.17, 15) is 0 Å². The molecule has 1 aromatic carbocycles. The zero-order valence-electron chi connectivity index (χ0n) is 15.4. The fraction of sp³-hybridized carbons (Fsp3) is 0.474. The minimum atomic E-state index is 0. The Morgan fingerprint density at radius 2 is 2.08 bits per heavy atom. The fourth-order valence-corrected chi connectivity index (χ4v) is 2.52. The van der Waals surface area contributed by atoms with Crippen molar-refractivity contribution in [2.45, 2.75) is 32.9 Å². The van der Waals surface area contributed by atoms with E-state index in [0.29, 0.717) is 13.1 Å². The first kappa shape index (κ1) is 20.5. The molecular weight excluding hydrogens is 441 g/mol. The number of rotatable bonds is 8. The van der Waals surface area contributed by atoms with Gasteiger partial charge >= 0.3 is 0 Å². The SMILES string of the molecule is CCNC(=NCc1ccccc1OCC1CC1)NCc1ccnn1C.I. The van der Waals surface area contributed by atoms with E-state index in [2.05, 4.69) is 28.7 Å². The fourth-order valence-electron chi connectivity index (χ4n) is 2.52. The van der Waals surface area contributed by atoms with E-state index in [4.69, 9.17) is 9.73 Å². The van der Waals surface area contributed by atoms with Crippen LogP contribution in [0.25, 0.3) is 0 Å². The lowest BCUT2D eigenvalue weighted by Gasteiger charge is -2.13.